The molecular formula is C12H8BrClN4. The summed E-state index contributed by atoms with van der Waals surface area (Å²) in [5.41, 5.74) is 7.44. The van der Waals surface area contributed by atoms with Crippen LogP contribution in [0, 0.1) is 11.3 Å². The normalized spacial score (nSPS) is 9.83. The van der Waals surface area contributed by atoms with Gasteiger partial charge in [-0.3, -0.25) is 0 Å². The quantitative estimate of drug-likeness (QED) is 0.883. The van der Waals surface area contributed by atoms with E-state index in [0.717, 1.165) is 10.2 Å². The number of rotatable bonds is 2. The first kappa shape index (κ1) is 12.7. The number of nitriles is 1. The van der Waals surface area contributed by atoms with Gasteiger partial charge in [-0.1, -0.05) is 11.6 Å². The van der Waals surface area contributed by atoms with Crippen molar-refractivity contribution in [3.05, 3.63) is 45.5 Å². The first-order valence-electron chi connectivity index (χ1n) is 4.98. The van der Waals surface area contributed by atoms with E-state index in [9.17, 15) is 0 Å². The standard InChI is InChI=1S/C12H8BrClN4/c13-9-4-8(14)1-2-11(9)18-12-10(16)3-7(5-15)6-17-12/h1-4,6H,16H2,(H,17,18). The highest BCUT2D eigenvalue weighted by atomic mass is 79.9. The minimum Gasteiger partial charge on any atom is -0.396 e. The van der Waals surface area contributed by atoms with E-state index >= 15 is 0 Å². The maximum atomic E-state index is 8.73. The number of anilines is 3. The molecule has 2 rings (SSSR count). The van der Waals surface area contributed by atoms with Gasteiger partial charge in [0.15, 0.2) is 5.82 Å². The number of nitrogens with zero attached hydrogens (tertiary/aromatic N) is 2. The van der Waals surface area contributed by atoms with Crippen molar-refractivity contribution in [1.82, 2.24) is 4.98 Å². The summed E-state index contributed by atoms with van der Waals surface area (Å²) in [7, 11) is 0. The maximum Gasteiger partial charge on any atom is 0.153 e. The van der Waals surface area contributed by atoms with Crippen molar-refractivity contribution in [3.63, 3.8) is 0 Å². The fourth-order valence-corrected chi connectivity index (χ4v) is 2.15. The van der Waals surface area contributed by atoms with Crippen LogP contribution in [0.5, 0.6) is 0 Å². The molecule has 3 N–H and O–H groups in total. The molecule has 0 bridgehead atoms. The third-order valence-corrected chi connectivity index (χ3v) is 3.12. The van der Waals surface area contributed by atoms with Crippen molar-refractivity contribution >= 4 is 44.7 Å². The zero-order valence-corrected chi connectivity index (χ0v) is 11.5. The summed E-state index contributed by atoms with van der Waals surface area (Å²) < 4.78 is 0.806. The van der Waals surface area contributed by atoms with Crippen molar-refractivity contribution in [2.75, 3.05) is 11.1 Å². The van der Waals surface area contributed by atoms with Gasteiger partial charge in [0.1, 0.15) is 6.07 Å². The second-order valence-electron chi connectivity index (χ2n) is 3.52. The zero-order valence-electron chi connectivity index (χ0n) is 9.11. The highest BCUT2D eigenvalue weighted by Gasteiger charge is 2.06. The summed E-state index contributed by atoms with van der Waals surface area (Å²) >= 11 is 9.25. The van der Waals surface area contributed by atoms with E-state index in [2.05, 4.69) is 26.2 Å². The van der Waals surface area contributed by atoms with Crippen LogP contribution in [0.2, 0.25) is 5.02 Å². The molecule has 1 aromatic carbocycles. The molecule has 0 radical (unpaired) electrons. The van der Waals surface area contributed by atoms with Gasteiger partial charge in [0, 0.05) is 15.7 Å². The van der Waals surface area contributed by atoms with Crippen molar-refractivity contribution < 1.29 is 0 Å². The molecule has 4 nitrogen and oxygen atoms in total. The summed E-state index contributed by atoms with van der Waals surface area (Å²) in [4.78, 5) is 4.10. The fourth-order valence-electron chi connectivity index (χ4n) is 1.37. The minimum atomic E-state index is 0.413. The molecule has 0 aliphatic heterocycles. The summed E-state index contributed by atoms with van der Waals surface area (Å²) in [6.45, 7) is 0. The highest BCUT2D eigenvalue weighted by molar-refractivity contribution is 9.10. The second-order valence-corrected chi connectivity index (χ2v) is 4.81. The van der Waals surface area contributed by atoms with Gasteiger partial charge in [0.2, 0.25) is 0 Å². The zero-order chi connectivity index (χ0) is 13.1. The van der Waals surface area contributed by atoms with E-state index in [1.54, 1.807) is 18.2 Å². The number of nitrogens with one attached hydrogen (secondary N) is 1. The molecule has 2 aromatic rings. The van der Waals surface area contributed by atoms with Crippen LogP contribution in [-0.4, -0.2) is 4.98 Å². The van der Waals surface area contributed by atoms with Crippen LogP contribution in [0.25, 0.3) is 0 Å². The molecule has 0 amide bonds. The van der Waals surface area contributed by atoms with Crippen molar-refractivity contribution in [2.24, 2.45) is 0 Å². The van der Waals surface area contributed by atoms with E-state index in [1.807, 2.05) is 12.1 Å². The summed E-state index contributed by atoms with van der Waals surface area (Å²) in [6.07, 6.45) is 1.46. The van der Waals surface area contributed by atoms with Crippen LogP contribution in [0.3, 0.4) is 0 Å². The van der Waals surface area contributed by atoms with Crippen molar-refractivity contribution in [3.8, 4) is 6.07 Å². The maximum absolute atomic E-state index is 8.73. The number of hydrogen-bond donors (Lipinski definition) is 2. The molecule has 1 aromatic heterocycles. The van der Waals surface area contributed by atoms with Crippen LogP contribution in [-0.2, 0) is 0 Å². The summed E-state index contributed by atoms with van der Waals surface area (Å²) in [6, 6.07) is 8.89. The number of pyridine rings is 1. The Hall–Kier alpha value is -1.77. The van der Waals surface area contributed by atoms with E-state index in [4.69, 9.17) is 22.6 Å². The van der Waals surface area contributed by atoms with E-state index in [1.165, 1.54) is 6.20 Å². The third-order valence-electron chi connectivity index (χ3n) is 2.23. The Morgan fingerprint density at radius 2 is 2.17 bits per heavy atom. The van der Waals surface area contributed by atoms with Gasteiger partial charge in [0.25, 0.3) is 0 Å². The number of nitrogens with two attached hydrogens (primary N) is 1. The molecule has 18 heavy (non-hydrogen) atoms. The average molecular weight is 324 g/mol. The first-order chi connectivity index (χ1) is 8.60. The number of aromatic nitrogens is 1. The Balaban J connectivity index is 2.32. The molecule has 0 fully saturated rings. The van der Waals surface area contributed by atoms with E-state index in [-0.39, 0.29) is 0 Å². The van der Waals surface area contributed by atoms with Crippen LogP contribution in [0.15, 0.2) is 34.9 Å². The molecule has 0 saturated carbocycles. The molecule has 0 saturated heterocycles. The van der Waals surface area contributed by atoms with Crippen molar-refractivity contribution in [2.45, 2.75) is 0 Å². The molecule has 6 heteroatoms. The largest absolute Gasteiger partial charge is 0.396 e. The topological polar surface area (TPSA) is 74.7 Å². The number of nitrogen functional groups attached to an aromatic ring is 1. The predicted molar refractivity (Wildman–Crippen MR) is 75.8 cm³/mol. The lowest BCUT2D eigenvalue weighted by Gasteiger charge is -2.10. The van der Waals surface area contributed by atoms with E-state index in [0.29, 0.717) is 22.1 Å². The van der Waals surface area contributed by atoms with Gasteiger partial charge in [-0.2, -0.15) is 5.26 Å². The number of benzene rings is 1. The molecule has 0 spiro atoms. The third kappa shape index (κ3) is 2.73. The first-order valence-corrected chi connectivity index (χ1v) is 6.15. The number of hydrogen-bond acceptors (Lipinski definition) is 4. The fraction of sp³-hybridized carbons (Fsp3) is 0. The molecule has 0 aliphatic rings. The lowest BCUT2D eigenvalue weighted by Crippen LogP contribution is -2.00. The second kappa shape index (κ2) is 5.25. The minimum absolute atomic E-state index is 0.413. The molecule has 1 heterocycles. The molecule has 90 valence electrons. The monoisotopic (exact) mass is 322 g/mol. The Morgan fingerprint density at radius 1 is 1.39 bits per heavy atom. The molecular weight excluding hydrogens is 316 g/mol. The lowest BCUT2D eigenvalue weighted by atomic mass is 10.2. The smallest absolute Gasteiger partial charge is 0.153 e. The van der Waals surface area contributed by atoms with Gasteiger partial charge in [-0.05, 0) is 40.2 Å². The Kier molecular flexibility index (Phi) is 3.70. The van der Waals surface area contributed by atoms with E-state index < -0.39 is 0 Å². The lowest BCUT2D eigenvalue weighted by molar-refractivity contribution is 1.29. The summed E-state index contributed by atoms with van der Waals surface area (Å²) in [5.74, 6) is 0.497. The predicted octanol–water partition coefficient (Wildman–Crippen LogP) is 3.69. The van der Waals surface area contributed by atoms with Crippen molar-refractivity contribution in [1.29, 1.82) is 5.26 Å². The van der Waals surface area contributed by atoms with Gasteiger partial charge in [-0.15, -0.1) is 0 Å². The van der Waals surface area contributed by atoms with Gasteiger partial charge < -0.3 is 11.1 Å². The van der Waals surface area contributed by atoms with Gasteiger partial charge in [-0.25, -0.2) is 4.98 Å². The Bertz CT molecular complexity index is 636. The molecule has 0 aliphatic carbocycles. The Morgan fingerprint density at radius 3 is 2.78 bits per heavy atom. The van der Waals surface area contributed by atoms with Gasteiger partial charge in [0.05, 0.1) is 16.9 Å². The van der Waals surface area contributed by atoms with Crippen LogP contribution in [0.4, 0.5) is 17.2 Å². The van der Waals surface area contributed by atoms with Crippen LogP contribution < -0.4 is 11.1 Å². The molecule has 0 unspecified atom stereocenters. The van der Waals surface area contributed by atoms with Gasteiger partial charge >= 0.3 is 0 Å². The van der Waals surface area contributed by atoms with Crippen LogP contribution >= 0.6 is 27.5 Å². The Labute approximate surface area is 118 Å². The SMILES string of the molecule is N#Cc1cnc(Nc2ccc(Cl)cc2Br)c(N)c1. The summed E-state index contributed by atoms with van der Waals surface area (Å²) in [5, 5.41) is 12.4. The average Bonchev–Trinajstić information content (AvgIpc) is 2.34. The highest BCUT2D eigenvalue weighted by Crippen LogP contribution is 2.29. The van der Waals surface area contributed by atoms with Crippen LogP contribution in [0.1, 0.15) is 5.56 Å². The molecule has 0 atom stereocenters. The number of halogens is 2.